The van der Waals surface area contributed by atoms with E-state index in [1.165, 1.54) is 6.08 Å². The number of allylic oxidation sites excluding steroid dienone is 4. The van der Waals surface area contributed by atoms with Gasteiger partial charge in [-0.15, -0.1) is 0 Å². The Morgan fingerprint density at radius 1 is 1.12 bits per heavy atom. The molecule has 0 aromatic rings. The molecule has 0 spiro atoms. The summed E-state index contributed by atoms with van der Waals surface area (Å²) in [5.41, 5.74) is -0.530. The molecule has 0 bridgehead atoms. The first-order valence-corrected chi connectivity index (χ1v) is 14.4. The maximum atomic E-state index is 13.2. The lowest BCUT2D eigenvalue weighted by Gasteiger charge is -2.40. The minimum Gasteiger partial charge on any atom is -0.463 e. The molecule has 7 heteroatoms. The van der Waals surface area contributed by atoms with Crippen LogP contribution in [-0.4, -0.2) is 51.3 Å². The van der Waals surface area contributed by atoms with Gasteiger partial charge in [0, 0.05) is 6.08 Å². The third kappa shape index (κ3) is 8.68. The van der Waals surface area contributed by atoms with Crippen molar-refractivity contribution in [2.24, 2.45) is 5.92 Å². The van der Waals surface area contributed by atoms with E-state index in [1.54, 1.807) is 37.3 Å². The second-order valence-electron chi connectivity index (χ2n) is 10.0. The molecule has 0 radical (unpaired) electrons. The highest BCUT2D eigenvalue weighted by atomic mass is 28.4. The average Bonchev–Trinajstić information content (AvgIpc) is 3.44. The lowest BCUT2D eigenvalue weighted by molar-refractivity contribution is -0.161. The van der Waals surface area contributed by atoms with Crippen LogP contribution in [0.1, 0.15) is 54.9 Å². The number of ether oxygens (including phenoxy) is 3. The van der Waals surface area contributed by atoms with Gasteiger partial charge in [0.15, 0.2) is 14.4 Å². The molecule has 1 saturated heterocycles. The normalized spacial score (nSPS) is 22.3. The molecule has 182 valence electrons. The molecule has 1 aliphatic rings. The Hall–Kier alpha value is -1.70. The third-order valence-corrected chi connectivity index (χ3v) is 10.7. The molecule has 6 nitrogen and oxygen atoms in total. The van der Waals surface area contributed by atoms with Gasteiger partial charge >= 0.3 is 11.9 Å². The standard InChI is InChI=1S/C25H42O6Si/c1-10-19(3)22(31-32(8,9)24(4,5)6)23(27)30-20(25(7)18-29-25)16-14-12-13-15-17-21(26)28-11-2/h12-17,19-20,22H,10-11,18H2,1-9H3/b13-12+,16-14-,17-15+/t19-,20+,22+,25-/m0/s1. The summed E-state index contributed by atoms with van der Waals surface area (Å²) in [6.45, 7) is 19.4. The highest BCUT2D eigenvalue weighted by molar-refractivity contribution is 6.74. The Balaban J connectivity index is 2.90. The minimum atomic E-state index is -2.15. The summed E-state index contributed by atoms with van der Waals surface area (Å²) in [7, 11) is -2.15. The van der Waals surface area contributed by atoms with E-state index in [4.69, 9.17) is 18.6 Å². The summed E-state index contributed by atoms with van der Waals surface area (Å²) in [4.78, 5) is 24.5. The maximum absolute atomic E-state index is 13.2. The maximum Gasteiger partial charge on any atom is 0.334 e. The van der Waals surface area contributed by atoms with Crippen LogP contribution in [0.15, 0.2) is 36.5 Å². The van der Waals surface area contributed by atoms with Crippen LogP contribution in [-0.2, 0) is 28.2 Å². The second kappa shape index (κ2) is 12.0. The SMILES string of the molecule is CCOC(=O)/C=C/C=C/C=C\[C@@H](OC(=O)[C@H](O[Si](C)(C)C(C)(C)C)[C@@H](C)CC)[C@]1(C)CO1. The quantitative estimate of drug-likeness (QED) is 0.127. The average molecular weight is 467 g/mol. The van der Waals surface area contributed by atoms with Crippen LogP contribution < -0.4 is 0 Å². The first-order valence-electron chi connectivity index (χ1n) is 11.5. The number of esters is 2. The van der Waals surface area contributed by atoms with Crippen molar-refractivity contribution in [1.29, 1.82) is 0 Å². The molecule has 0 unspecified atom stereocenters. The van der Waals surface area contributed by atoms with E-state index in [0.717, 1.165) is 6.42 Å². The highest BCUT2D eigenvalue weighted by Gasteiger charge is 2.50. The van der Waals surface area contributed by atoms with E-state index in [2.05, 4.69) is 40.8 Å². The summed E-state index contributed by atoms with van der Waals surface area (Å²) >= 11 is 0. The monoisotopic (exact) mass is 466 g/mol. The third-order valence-electron chi connectivity index (χ3n) is 6.20. The number of epoxide rings is 1. The molecule has 1 fully saturated rings. The highest BCUT2D eigenvalue weighted by Crippen LogP contribution is 2.39. The summed E-state index contributed by atoms with van der Waals surface area (Å²) < 4.78 is 22.8. The predicted octanol–water partition coefficient (Wildman–Crippen LogP) is 5.36. The molecule has 4 atom stereocenters. The number of carbonyl (C=O) groups is 2. The summed E-state index contributed by atoms with van der Waals surface area (Å²) in [6, 6.07) is 0. The number of hydrogen-bond acceptors (Lipinski definition) is 6. The van der Waals surface area contributed by atoms with Gasteiger partial charge in [-0.05, 0) is 44.0 Å². The van der Waals surface area contributed by atoms with E-state index in [0.29, 0.717) is 13.2 Å². The molecule has 0 aromatic carbocycles. The van der Waals surface area contributed by atoms with E-state index >= 15 is 0 Å². The molecule has 32 heavy (non-hydrogen) atoms. The Kier molecular flexibility index (Phi) is 10.6. The predicted molar refractivity (Wildman–Crippen MR) is 130 cm³/mol. The van der Waals surface area contributed by atoms with E-state index in [1.807, 2.05) is 13.8 Å². The Morgan fingerprint density at radius 3 is 2.22 bits per heavy atom. The van der Waals surface area contributed by atoms with Crippen molar-refractivity contribution in [1.82, 2.24) is 0 Å². The van der Waals surface area contributed by atoms with Gasteiger partial charge in [0.2, 0.25) is 0 Å². The van der Waals surface area contributed by atoms with Crippen molar-refractivity contribution in [3.8, 4) is 0 Å². The van der Waals surface area contributed by atoms with Crippen molar-refractivity contribution in [3.63, 3.8) is 0 Å². The summed E-state index contributed by atoms with van der Waals surface area (Å²) in [5.74, 6) is -0.687. The van der Waals surface area contributed by atoms with E-state index < -0.39 is 26.1 Å². The van der Waals surface area contributed by atoms with E-state index in [9.17, 15) is 9.59 Å². The van der Waals surface area contributed by atoms with Gasteiger partial charge in [-0.3, -0.25) is 0 Å². The zero-order chi connectivity index (χ0) is 24.6. The van der Waals surface area contributed by atoms with Crippen molar-refractivity contribution in [2.75, 3.05) is 13.2 Å². The molecule has 1 heterocycles. The fourth-order valence-electron chi connectivity index (χ4n) is 2.56. The molecule has 0 saturated carbocycles. The van der Waals surface area contributed by atoms with Crippen molar-refractivity contribution >= 4 is 20.3 Å². The topological polar surface area (TPSA) is 74.4 Å². The van der Waals surface area contributed by atoms with Crippen LogP contribution in [0.4, 0.5) is 0 Å². The molecular formula is C25H42O6Si. The molecule has 1 rings (SSSR count). The molecule has 0 aromatic heterocycles. The lowest BCUT2D eigenvalue weighted by Crippen LogP contribution is -2.49. The van der Waals surface area contributed by atoms with Gasteiger partial charge in [0.25, 0.3) is 0 Å². The van der Waals surface area contributed by atoms with Crippen molar-refractivity contribution < 1.29 is 28.2 Å². The minimum absolute atomic E-state index is 0.00819. The van der Waals surface area contributed by atoms with Crippen molar-refractivity contribution in [3.05, 3.63) is 36.5 Å². The van der Waals surface area contributed by atoms with Gasteiger partial charge in [-0.25, -0.2) is 9.59 Å². The van der Waals surface area contributed by atoms with Crippen LogP contribution in [0.3, 0.4) is 0 Å². The number of carbonyl (C=O) groups excluding carboxylic acids is 2. The van der Waals surface area contributed by atoms with E-state index in [-0.39, 0.29) is 22.9 Å². The molecule has 1 aliphatic heterocycles. The zero-order valence-corrected chi connectivity index (χ0v) is 22.3. The van der Waals surface area contributed by atoms with Gasteiger partial charge in [0.05, 0.1) is 13.2 Å². The fourth-order valence-corrected chi connectivity index (χ4v) is 3.88. The Labute approximate surface area is 195 Å². The van der Waals surface area contributed by atoms with Gasteiger partial charge < -0.3 is 18.6 Å². The number of rotatable bonds is 12. The smallest absolute Gasteiger partial charge is 0.334 e. The Morgan fingerprint density at radius 2 is 1.72 bits per heavy atom. The fraction of sp³-hybridized carbons (Fsp3) is 0.680. The Bertz CT molecular complexity index is 712. The lowest BCUT2D eigenvalue weighted by atomic mass is 10.0. The first-order chi connectivity index (χ1) is 14.8. The summed E-state index contributed by atoms with van der Waals surface area (Å²) in [6.07, 6.45) is 9.71. The largest absolute Gasteiger partial charge is 0.463 e. The van der Waals surface area contributed by atoms with Crippen LogP contribution in [0.5, 0.6) is 0 Å². The van der Waals surface area contributed by atoms with Crippen LogP contribution >= 0.6 is 0 Å². The molecule has 0 amide bonds. The second-order valence-corrected chi connectivity index (χ2v) is 14.8. The molecule has 0 N–H and O–H groups in total. The van der Waals surface area contributed by atoms with Gasteiger partial charge in [0.1, 0.15) is 11.7 Å². The van der Waals surface area contributed by atoms with Crippen molar-refractivity contribution in [2.45, 2.75) is 90.8 Å². The number of hydrogen-bond donors (Lipinski definition) is 0. The molecular weight excluding hydrogens is 424 g/mol. The van der Waals surface area contributed by atoms with Gasteiger partial charge in [-0.1, -0.05) is 65.3 Å². The zero-order valence-electron chi connectivity index (χ0n) is 21.3. The first kappa shape index (κ1) is 28.3. The van der Waals surface area contributed by atoms with Crippen LogP contribution in [0.25, 0.3) is 0 Å². The molecule has 0 aliphatic carbocycles. The van der Waals surface area contributed by atoms with Crippen LogP contribution in [0.2, 0.25) is 18.1 Å². The van der Waals surface area contributed by atoms with Gasteiger partial charge in [-0.2, -0.15) is 0 Å². The van der Waals surface area contributed by atoms with Crippen LogP contribution in [0, 0.1) is 5.92 Å². The summed E-state index contributed by atoms with van der Waals surface area (Å²) in [5, 5.41) is -0.00819.